The van der Waals surface area contributed by atoms with Crippen LogP contribution in [0.1, 0.15) is 31.4 Å². The zero-order chi connectivity index (χ0) is 10.7. The lowest BCUT2D eigenvalue weighted by Gasteiger charge is -2.26. The Morgan fingerprint density at radius 2 is 2.40 bits per heavy atom. The van der Waals surface area contributed by atoms with E-state index in [1.54, 1.807) is 11.3 Å². The Bertz CT molecular complexity index is 282. The van der Waals surface area contributed by atoms with E-state index < -0.39 is 0 Å². The van der Waals surface area contributed by atoms with E-state index in [1.165, 1.54) is 18.4 Å². The van der Waals surface area contributed by atoms with E-state index in [0.29, 0.717) is 12.1 Å². The SMILES string of the molecule is CCNC(c1ccsc1)C(OC)C1CC1. The standard InChI is InChI=1S/C12H19NOS/c1-3-13-11(10-6-7-15-8-10)12(14-2)9-4-5-9/h6-9,11-13H,3-5H2,1-2H3. The Morgan fingerprint density at radius 1 is 1.60 bits per heavy atom. The molecule has 0 radical (unpaired) electrons. The number of methoxy groups -OCH3 is 1. The van der Waals surface area contributed by atoms with Crippen LogP contribution in [-0.2, 0) is 4.74 Å². The third-order valence-corrected chi connectivity index (χ3v) is 3.72. The summed E-state index contributed by atoms with van der Waals surface area (Å²) in [5.41, 5.74) is 1.38. The van der Waals surface area contributed by atoms with Gasteiger partial charge in [-0.2, -0.15) is 11.3 Å². The van der Waals surface area contributed by atoms with E-state index in [1.807, 2.05) is 7.11 Å². The minimum absolute atomic E-state index is 0.347. The van der Waals surface area contributed by atoms with Crippen molar-refractivity contribution in [2.75, 3.05) is 13.7 Å². The fourth-order valence-electron chi connectivity index (χ4n) is 2.12. The summed E-state index contributed by atoms with van der Waals surface area (Å²) < 4.78 is 5.65. The van der Waals surface area contributed by atoms with Gasteiger partial charge in [-0.25, -0.2) is 0 Å². The average molecular weight is 225 g/mol. The molecule has 15 heavy (non-hydrogen) atoms. The largest absolute Gasteiger partial charge is 0.379 e. The summed E-state index contributed by atoms with van der Waals surface area (Å²) in [7, 11) is 1.83. The van der Waals surface area contributed by atoms with Crippen LogP contribution in [0.25, 0.3) is 0 Å². The number of ether oxygens (including phenoxy) is 1. The van der Waals surface area contributed by atoms with Gasteiger partial charge in [-0.3, -0.25) is 0 Å². The molecule has 2 atom stereocenters. The predicted molar refractivity (Wildman–Crippen MR) is 64.3 cm³/mol. The number of hydrogen-bond acceptors (Lipinski definition) is 3. The third-order valence-electron chi connectivity index (χ3n) is 3.01. The van der Waals surface area contributed by atoms with E-state index >= 15 is 0 Å². The first kappa shape index (κ1) is 11.1. The molecule has 0 bridgehead atoms. The minimum Gasteiger partial charge on any atom is -0.379 e. The third kappa shape index (κ3) is 2.60. The van der Waals surface area contributed by atoms with Crippen molar-refractivity contribution >= 4 is 11.3 Å². The number of likely N-dealkylation sites (N-methyl/N-ethyl adjacent to an activating group) is 1. The molecular weight excluding hydrogens is 206 g/mol. The lowest BCUT2D eigenvalue weighted by Crippen LogP contribution is -2.34. The molecular formula is C12H19NOS. The van der Waals surface area contributed by atoms with Gasteiger partial charge in [-0.05, 0) is 47.7 Å². The molecule has 1 aliphatic rings. The molecule has 2 nitrogen and oxygen atoms in total. The highest BCUT2D eigenvalue weighted by Crippen LogP contribution is 2.40. The van der Waals surface area contributed by atoms with Crippen LogP contribution in [0.15, 0.2) is 16.8 Å². The predicted octanol–water partition coefficient (Wildman–Crippen LogP) is 2.82. The van der Waals surface area contributed by atoms with Gasteiger partial charge in [0.1, 0.15) is 0 Å². The highest BCUT2D eigenvalue weighted by Gasteiger charge is 2.37. The first-order chi connectivity index (χ1) is 7.36. The second-order valence-electron chi connectivity index (χ2n) is 4.13. The zero-order valence-electron chi connectivity index (χ0n) is 9.40. The Morgan fingerprint density at radius 3 is 2.87 bits per heavy atom. The van der Waals surface area contributed by atoms with E-state index in [2.05, 4.69) is 29.1 Å². The fourth-order valence-corrected chi connectivity index (χ4v) is 2.82. The zero-order valence-corrected chi connectivity index (χ0v) is 10.2. The normalized spacial score (nSPS) is 20.1. The maximum Gasteiger partial charge on any atom is 0.0794 e. The van der Waals surface area contributed by atoms with Crippen LogP contribution in [0.3, 0.4) is 0 Å². The lowest BCUT2D eigenvalue weighted by molar-refractivity contribution is 0.0513. The first-order valence-electron chi connectivity index (χ1n) is 5.65. The fraction of sp³-hybridized carbons (Fsp3) is 0.667. The smallest absolute Gasteiger partial charge is 0.0794 e. The quantitative estimate of drug-likeness (QED) is 0.804. The van der Waals surface area contributed by atoms with Gasteiger partial charge in [0.05, 0.1) is 12.1 Å². The van der Waals surface area contributed by atoms with Crippen molar-refractivity contribution in [1.29, 1.82) is 0 Å². The molecule has 0 amide bonds. The van der Waals surface area contributed by atoms with Gasteiger partial charge in [0.25, 0.3) is 0 Å². The van der Waals surface area contributed by atoms with Crippen molar-refractivity contribution < 1.29 is 4.74 Å². The van der Waals surface area contributed by atoms with Gasteiger partial charge >= 0.3 is 0 Å². The highest BCUT2D eigenvalue weighted by atomic mass is 32.1. The Labute approximate surface area is 95.6 Å². The first-order valence-corrected chi connectivity index (χ1v) is 6.59. The molecule has 2 rings (SSSR count). The summed E-state index contributed by atoms with van der Waals surface area (Å²) in [6.07, 6.45) is 2.99. The molecule has 84 valence electrons. The molecule has 1 aromatic rings. The molecule has 0 aromatic carbocycles. The molecule has 2 unspecified atom stereocenters. The Kier molecular flexibility index (Phi) is 3.78. The number of thiophene rings is 1. The van der Waals surface area contributed by atoms with Crippen LogP contribution in [0, 0.1) is 5.92 Å². The highest BCUT2D eigenvalue weighted by molar-refractivity contribution is 7.07. The van der Waals surface area contributed by atoms with Crippen molar-refractivity contribution in [1.82, 2.24) is 5.32 Å². The van der Waals surface area contributed by atoms with Crippen molar-refractivity contribution in [3.05, 3.63) is 22.4 Å². The molecule has 1 saturated carbocycles. The van der Waals surface area contributed by atoms with E-state index in [0.717, 1.165) is 12.5 Å². The summed E-state index contributed by atoms with van der Waals surface area (Å²) in [5, 5.41) is 7.90. The van der Waals surface area contributed by atoms with E-state index in [9.17, 15) is 0 Å². The molecule has 0 saturated heterocycles. The van der Waals surface area contributed by atoms with Gasteiger partial charge in [0.15, 0.2) is 0 Å². The number of nitrogens with one attached hydrogen (secondary N) is 1. The molecule has 1 fully saturated rings. The van der Waals surface area contributed by atoms with Crippen LogP contribution in [0.5, 0.6) is 0 Å². The summed E-state index contributed by atoms with van der Waals surface area (Å²) in [5.74, 6) is 0.763. The number of rotatable bonds is 6. The Balaban J connectivity index is 2.10. The van der Waals surface area contributed by atoms with Crippen LogP contribution in [-0.4, -0.2) is 19.8 Å². The van der Waals surface area contributed by atoms with Crippen LogP contribution in [0.4, 0.5) is 0 Å². The monoisotopic (exact) mass is 225 g/mol. The van der Waals surface area contributed by atoms with Crippen LogP contribution < -0.4 is 5.32 Å². The van der Waals surface area contributed by atoms with Gasteiger partial charge in [0.2, 0.25) is 0 Å². The average Bonchev–Trinajstić information content (AvgIpc) is 2.94. The van der Waals surface area contributed by atoms with E-state index in [4.69, 9.17) is 4.74 Å². The van der Waals surface area contributed by atoms with E-state index in [-0.39, 0.29) is 0 Å². The van der Waals surface area contributed by atoms with Crippen molar-refractivity contribution in [3.8, 4) is 0 Å². The maximum atomic E-state index is 5.65. The summed E-state index contributed by atoms with van der Waals surface area (Å²) in [4.78, 5) is 0. The molecule has 0 spiro atoms. The van der Waals surface area contributed by atoms with Crippen molar-refractivity contribution in [2.45, 2.75) is 31.9 Å². The molecule has 1 aliphatic carbocycles. The Hall–Kier alpha value is -0.380. The topological polar surface area (TPSA) is 21.3 Å². The molecule has 0 aliphatic heterocycles. The minimum atomic E-state index is 0.347. The number of hydrogen-bond donors (Lipinski definition) is 1. The second-order valence-corrected chi connectivity index (χ2v) is 4.91. The molecule has 1 aromatic heterocycles. The molecule has 1 N–H and O–H groups in total. The summed E-state index contributed by atoms with van der Waals surface area (Å²) >= 11 is 1.76. The lowest BCUT2D eigenvalue weighted by atomic mass is 10.0. The van der Waals surface area contributed by atoms with Crippen molar-refractivity contribution in [3.63, 3.8) is 0 Å². The summed E-state index contributed by atoms with van der Waals surface area (Å²) in [6, 6.07) is 2.57. The van der Waals surface area contributed by atoms with Gasteiger partial charge < -0.3 is 10.1 Å². The second kappa shape index (κ2) is 5.10. The van der Waals surface area contributed by atoms with Crippen LogP contribution in [0.2, 0.25) is 0 Å². The van der Waals surface area contributed by atoms with Crippen LogP contribution >= 0.6 is 11.3 Å². The maximum absolute atomic E-state index is 5.65. The molecule has 3 heteroatoms. The van der Waals surface area contributed by atoms with Crippen molar-refractivity contribution in [2.24, 2.45) is 5.92 Å². The van der Waals surface area contributed by atoms with Gasteiger partial charge in [-0.15, -0.1) is 0 Å². The molecule has 1 heterocycles. The van der Waals surface area contributed by atoms with Gasteiger partial charge in [-0.1, -0.05) is 6.92 Å². The van der Waals surface area contributed by atoms with Gasteiger partial charge in [0, 0.05) is 7.11 Å². The summed E-state index contributed by atoms with van der Waals surface area (Å²) in [6.45, 7) is 3.14.